The number of benzene rings is 2. The van der Waals surface area contributed by atoms with Crippen LogP contribution in [0, 0.1) is 27.7 Å². The fourth-order valence-electron chi connectivity index (χ4n) is 3.58. The first-order valence-electron chi connectivity index (χ1n) is 10.0. The van der Waals surface area contributed by atoms with E-state index in [-0.39, 0.29) is 5.78 Å². The molecule has 2 aromatic carbocycles. The van der Waals surface area contributed by atoms with Crippen LogP contribution in [0.15, 0.2) is 36.4 Å². The number of Topliss-reactive ketones (excluding diaryl/α,β-unsaturated/α-hetero) is 1. The van der Waals surface area contributed by atoms with Crippen LogP contribution in [0.5, 0.6) is 0 Å². The van der Waals surface area contributed by atoms with Crippen LogP contribution in [0.3, 0.4) is 0 Å². The van der Waals surface area contributed by atoms with E-state index >= 15 is 0 Å². The van der Waals surface area contributed by atoms with Crippen molar-refractivity contribution >= 4 is 23.7 Å². The van der Waals surface area contributed by atoms with Gasteiger partial charge in [-0.3, -0.25) is 19.3 Å². The lowest BCUT2D eigenvalue weighted by Gasteiger charge is -2.22. The van der Waals surface area contributed by atoms with Gasteiger partial charge in [-0.05, 0) is 62.9 Å². The Labute approximate surface area is 181 Å². The van der Waals surface area contributed by atoms with Gasteiger partial charge < -0.3 is 10.1 Å². The van der Waals surface area contributed by atoms with Gasteiger partial charge in [-0.25, -0.2) is 4.79 Å². The Hall–Kier alpha value is -3.48. The number of carbonyl (C=O) groups excluding carboxylic acids is 4. The van der Waals surface area contributed by atoms with Crippen LogP contribution in [-0.2, 0) is 19.9 Å². The van der Waals surface area contributed by atoms with Crippen LogP contribution in [-0.4, -0.2) is 41.7 Å². The van der Waals surface area contributed by atoms with E-state index in [1.807, 2.05) is 45.9 Å². The van der Waals surface area contributed by atoms with Crippen molar-refractivity contribution in [3.8, 4) is 0 Å². The maximum absolute atomic E-state index is 12.9. The predicted molar refractivity (Wildman–Crippen MR) is 115 cm³/mol. The molecule has 1 aliphatic rings. The third-order valence-corrected chi connectivity index (χ3v) is 5.70. The smallest absolute Gasteiger partial charge is 0.326 e. The molecule has 0 aliphatic carbocycles. The van der Waals surface area contributed by atoms with Crippen molar-refractivity contribution in [3.05, 3.63) is 69.8 Å². The van der Waals surface area contributed by atoms with Crippen LogP contribution in [0.25, 0.3) is 0 Å². The molecule has 162 valence electrons. The molecule has 3 rings (SSSR count). The summed E-state index contributed by atoms with van der Waals surface area (Å²) >= 11 is 0. The zero-order valence-corrected chi connectivity index (χ0v) is 18.4. The summed E-state index contributed by atoms with van der Waals surface area (Å²) in [4.78, 5) is 50.8. The number of hydrogen-bond donors (Lipinski definition) is 1. The van der Waals surface area contributed by atoms with Gasteiger partial charge in [0, 0.05) is 5.56 Å². The molecular weight excluding hydrogens is 396 g/mol. The molecule has 0 radical (unpaired) electrons. The van der Waals surface area contributed by atoms with E-state index < -0.39 is 36.6 Å². The molecule has 0 saturated carbocycles. The third-order valence-electron chi connectivity index (χ3n) is 5.70. The fraction of sp³-hybridized carbons (Fsp3) is 0.333. The summed E-state index contributed by atoms with van der Waals surface area (Å²) in [6, 6.07) is 10.2. The summed E-state index contributed by atoms with van der Waals surface area (Å²) in [5.74, 6) is -1.71. The van der Waals surface area contributed by atoms with E-state index in [1.54, 1.807) is 25.1 Å². The van der Waals surface area contributed by atoms with E-state index in [2.05, 4.69) is 5.32 Å². The number of carbonyl (C=O) groups is 4. The van der Waals surface area contributed by atoms with Crippen molar-refractivity contribution in [2.24, 2.45) is 0 Å². The number of ether oxygens (including phenoxy) is 1. The van der Waals surface area contributed by atoms with E-state index in [0.717, 1.165) is 27.2 Å². The molecule has 1 N–H and O–H groups in total. The normalized spacial score (nSPS) is 18.2. The molecule has 1 aliphatic heterocycles. The molecule has 0 aromatic heterocycles. The average Bonchev–Trinajstić information content (AvgIpc) is 2.93. The molecule has 1 atom stereocenters. The largest absolute Gasteiger partial charge is 0.456 e. The standard InChI is InChI=1S/C24H26N2O5/c1-14-6-8-18(9-7-14)24(5)22(29)26(23(30)25-24)12-21(28)31-13-20(27)19-11-16(3)15(2)10-17(19)4/h6-11H,12-13H2,1-5H3,(H,25,30)/t24-/m0/s1. The molecule has 1 heterocycles. The average molecular weight is 422 g/mol. The molecule has 31 heavy (non-hydrogen) atoms. The molecule has 7 heteroatoms. The number of imide groups is 1. The Kier molecular flexibility index (Phi) is 5.97. The van der Waals surface area contributed by atoms with Crippen molar-refractivity contribution in [2.45, 2.75) is 40.2 Å². The van der Waals surface area contributed by atoms with Gasteiger partial charge in [0.1, 0.15) is 12.1 Å². The van der Waals surface area contributed by atoms with Crippen molar-refractivity contribution < 1.29 is 23.9 Å². The van der Waals surface area contributed by atoms with Gasteiger partial charge in [-0.15, -0.1) is 0 Å². The Morgan fingerprint density at radius 2 is 1.58 bits per heavy atom. The number of hydrogen-bond acceptors (Lipinski definition) is 5. The highest BCUT2D eigenvalue weighted by Crippen LogP contribution is 2.29. The van der Waals surface area contributed by atoms with Crippen LogP contribution in [0.1, 0.15) is 45.1 Å². The maximum Gasteiger partial charge on any atom is 0.326 e. The van der Waals surface area contributed by atoms with Crippen molar-refractivity contribution in [3.63, 3.8) is 0 Å². The first-order valence-corrected chi connectivity index (χ1v) is 10.0. The van der Waals surface area contributed by atoms with Crippen molar-refractivity contribution in [1.82, 2.24) is 10.2 Å². The monoisotopic (exact) mass is 422 g/mol. The highest BCUT2D eigenvalue weighted by Gasteiger charge is 2.49. The quantitative estimate of drug-likeness (QED) is 0.439. The Morgan fingerprint density at radius 3 is 2.23 bits per heavy atom. The summed E-state index contributed by atoms with van der Waals surface area (Å²) in [5, 5.41) is 2.64. The summed E-state index contributed by atoms with van der Waals surface area (Å²) in [5.41, 5.74) is 3.69. The zero-order chi connectivity index (χ0) is 22.9. The summed E-state index contributed by atoms with van der Waals surface area (Å²) in [6.45, 7) is 8.17. The Balaban J connectivity index is 1.65. The molecular formula is C24H26N2O5. The Morgan fingerprint density at radius 1 is 0.968 bits per heavy atom. The van der Waals surface area contributed by atoms with E-state index in [1.165, 1.54) is 0 Å². The second-order valence-corrected chi connectivity index (χ2v) is 8.15. The number of ketones is 1. The number of nitrogens with one attached hydrogen (secondary N) is 1. The summed E-state index contributed by atoms with van der Waals surface area (Å²) in [7, 11) is 0. The van der Waals surface area contributed by atoms with Crippen LogP contribution in [0.4, 0.5) is 4.79 Å². The van der Waals surface area contributed by atoms with Crippen LogP contribution in [0.2, 0.25) is 0 Å². The van der Waals surface area contributed by atoms with Gasteiger partial charge in [0.05, 0.1) is 0 Å². The molecule has 0 spiro atoms. The van der Waals surface area contributed by atoms with E-state index in [4.69, 9.17) is 4.74 Å². The summed E-state index contributed by atoms with van der Waals surface area (Å²) in [6.07, 6.45) is 0. The second-order valence-electron chi connectivity index (χ2n) is 8.15. The zero-order valence-electron chi connectivity index (χ0n) is 18.4. The van der Waals surface area contributed by atoms with Gasteiger partial charge >= 0.3 is 12.0 Å². The van der Waals surface area contributed by atoms with Gasteiger partial charge in [-0.1, -0.05) is 35.9 Å². The lowest BCUT2D eigenvalue weighted by atomic mass is 9.91. The van der Waals surface area contributed by atoms with E-state index in [0.29, 0.717) is 11.1 Å². The molecule has 1 saturated heterocycles. The summed E-state index contributed by atoms with van der Waals surface area (Å²) < 4.78 is 5.07. The lowest BCUT2D eigenvalue weighted by Crippen LogP contribution is -2.41. The minimum Gasteiger partial charge on any atom is -0.456 e. The minimum absolute atomic E-state index is 0.337. The third kappa shape index (κ3) is 4.35. The fourth-order valence-corrected chi connectivity index (χ4v) is 3.58. The molecule has 1 fully saturated rings. The van der Waals surface area contributed by atoms with Crippen LogP contribution < -0.4 is 5.32 Å². The highest BCUT2D eigenvalue weighted by atomic mass is 16.5. The van der Waals surface area contributed by atoms with Gasteiger partial charge in [-0.2, -0.15) is 0 Å². The van der Waals surface area contributed by atoms with Crippen LogP contribution >= 0.6 is 0 Å². The number of rotatable bonds is 6. The Bertz CT molecular complexity index is 1070. The first kappa shape index (κ1) is 22.2. The number of esters is 1. The molecule has 2 aromatic rings. The molecule has 3 amide bonds. The van der Waals surface area contributed by atoms with Gasteiger partial charge in [0.15, 0.2) is 6.61 Å². The van der Waals surface area contributed by atoms with E-state index in [9.17, 15) is 19.2 Å². The first-order chi connectivity index (χ1) is 14.5. The van der Waals surface area contributed by atoms with Crippen molar-refractivity contribution in [2.75, 3.05) is 13.2 Å². The molecule has 0 bridgehead atoms. The number of nitrogens with zero attached hydrogens (tertiary/aromatic N) is 1. The minimum atomic E-state index is -1.27. The highest BCUT2D eigenvalue weighted by molar-refractivity contribution is 6.09. The second kappa shape index (κ2) is 8.34. The topological polar surface area (TPSA) is 92.8 Å². The molecule has 0 unspecified atom stereocenters. The maximum atomic E-state index is 12.9. The number of aryl methyl sites for hydroxylation is 4. The lowest BCUT2D eigenvalue weighted by molar-refractivity contribution is -0.146. The number of amides is 3. The number of urea groups is 1. The SMILES string of the molecule is Cc1ccc([C@]2(C)NC(=O)N(CC(=O)OCC(=O)c3cc(C)c(C)cc3C)C2=O)cc1. The molecule has 7 nitrogen and oxygen atoms in total. The predicted octanol–water partition coefficient (Wildman–Crippen LogP) is 3.11. The van der Waals surface area contributed by atoms with Crippen molar-refractivity contribution in [1.29, 1.82) is 0 Å². The van der Waals surface area contributed by atoms with Gasteiger partial charge in [0.25, 0.3) is 5.91 Å². The van der Waals surface area contributed by atoms with Gasteiger partial charge in [0.2, 0.25) is 5.78 Å².